The molecule has 2 aromatic rings. The SMILES string of the molecule is COc1ccc(-c2cc(C3CCCC3)c(N)c(N)n2)cc1. The summed E-state index contributed by atoms with van der Waals surface area (Å²) in [6.07, 6.45) is 4.92. The smallest absolute Gasteiger partial charge is 0.147 e. The third kappa shape index (κ3) is 2.66. The first-order chi connectivity index (χ1) is 10.2. The van der Waals surface area contributed by atoms with Crippen LogP contribution in [-0.4, -0.2) is 12.1 Å². The van der Waals surface area contributed by atoms with Crippen LogP contribution in [0.1, 0.15) is 37.2 Å². The van der Waals surface area contributed by atoms with Crippen molar-refractivity contribution < 1.29 is 4.74 Å². The van der Waals surface area contributed by atoms with Gasteiger partial charge in [-0.3, -0.25) is 0 Å². The average molecular weight is 283 g/mol. The minimum absolute atomic E-state index is 0.435. The summed E-state index contributed by atoms with van der Waals surface area (Å²) in [4.78, 5) is 4.44. The van der Waals surface area contributed by atoms with Crippen LogP contribution in [-0.2, 0) is 0 Å². The average Bonchev–Trinajstić information content (AvgIpc) is 3.04. The highest BCUT2D eigenvalue weighted by atomic mass is 16.5. The lowest BCUT2D eigenvalue weighted by Crippen LogP contribution is -2.06. The topological polar surface area (TPSA) is 74.2 Å². The van der Waals surface area contributed by atoms with Crippen molar-refractivity contribution in [2.24, 2.45) is 0 Å². The van der Waals surface area contributed by atoms with Crippen molar-refractivity contribution in [3.63, 3.8) is 0 Å². The highest BCUT2D eigenvalue weighted by Gasteiger charge is 2.21. The molecule has 1 aliphatic rings. The van der Waals surface area contributed by atoms with E-state index < -0.39 is 0 Å². The van der Waals surface area contributed by atoms with Crippen molar-refractivity contribution in [1.29, 1.82) is 0 Å². The molecule has 0 unspecified atom stereocenters. The van der Waals surface area contributed by atoms with E-state index >= 15 is 0 Å². The van der Waals surface area contributed by atoms with Crippen LogP contribution in [0.15, 0.2) is 30.3 Å². The van der Waals surface area contributed by atoms with Gasteiger partial charge in [0, 0.05) is 5.56 Å². The molecule has 0 spiro atoms. The number of aromatic nitrogens is 1. The second-order valence-electron chi connectivity index (χ2n) is 5.61. The molecule has 0 aliphatic heterocycles. The highest BCUT2D eigenvalue weighted by molar-refractivity contribution is 5.72. The van der Waals surface area contributed by atoms with Gasteiger partial charge in [0.2, 0.25) is 0 Å². The Kier molecular flexibility index (Phi) is 3.69. The number of hydrogen-bond donors (Lipinski definition) is 2. The molecule has 0 radical (unpaired) electrons. The Morgan fingerprint density at radius 3 is 2.38 bits per heavy atom. The van der Waals surface area contributed by atoms with E-state index in [1.165, 1.54) is 25.7 Å². The first-order valence-electron chi connectivity index (χ1n) is 7.39. The summed E-state index contributed by atoms with van der Waals surface area (Å²) in [6, 6.07) is 9.95. The molecule has 4 N–H and O–H groups in total. The number of ether oxygens (including phenoxy) is 1. The van der Waals surface area contributed by atoms with Gasteiger partial charge in [0.1, 0.15) is 11.6 Å². The van der Waals surface area contributed by atoms with Gasteiger partial charge in [0.05, 0.1) is 18.5 Å². The summed E-state index contributed by atoms with van der Waals surface area (Å²) >= 11 is 0. The Balaban J connectivity index is 2.01. The molecule has 110 valence electrons. The van der Waals surface area contributed by atoms with Gasteiger partial charge >= 0.3 is 0 Å². The Hall–Kier alpha value is -2.23. The summed E-state index contributed by atoms with van der Waals surface area (Å²) < 4.78 is 5.19. The molecule has 0 amide bonds. The first kappa shape index (κ1) is 13.7. The van der Waals surface area contributed by atoms with Crippen LogP contribution in [0.3, 0.4) is 0 Å². The number of pyridine rings is 1. The molecule has 4 heteroatoms. The summed E-state index contributed by atoms with van der Waals surface area (Å²) in [5.74, 6) is 1.79. The number of anilines is 2. The Labute approximate surface area is 125 Å². The van der Waals surface area contributed by atoms with Gasteiger partial charge in [0.15, 0.2) is 0 Å². The maximum Gasteiger partial charge on any atom is 0.147 e. The van der Waals surface area contributed by atoms with Crippen molar-refractivity contribution in [3.05, 3.63) is 35.9 Å². The molecule has 0 bridgehead atoms. The molecular formula is C17H21N3O. The van der Waals surface area contributed by atoms with Crippen LogP contribution in [0.4, 0.5) is 11.5 Å². The fourth-order valence-electron chi connectivity index (χ4n) is 3.08. The third-order valence-corrected chi connectivity index (χ3v) is 4.30. The molecule has 1 aliphatic carbocycles. The largest absolute Gasteiger partial charge is 0.497 e. The fraction of sp³-hybridized carbons (Fsp3) is 0.353. The second kappa shape index (κ2) is 5.64. The monoisotopic (exact) mass is 283 g/mol. The molecule has 3 rings (SSSR count). The van der Waals surface area contributed by atoms with E-state index in [9.17, 15) is 0 Å². The van der Waals surface area contributed by atoms with Gasteiger partial charge in [-0.25, -0.2) is 4.98 Å². The molecule has 1 saturated carbocycles. The quantitative estimate of drug-likeness (QED) is 0.903. The van der Waals surface area contributed by atoms with E-state index in [0.29, 0.717) is 17.4 Å². The maximum atomic E-state index is 6.15. The van der Waals surface area contributed by atoms with Crippen molar-refractivity contribution in [1.82, 2.24) is 4.98 Å². The van der Waals surface area contributed by atoms with Gasteiger partial charge in [-0.15, -0.1) is 0 Å². The summed E-state index contributed by atoms with van der Waals surface area (Å²) in [7, 11) is 1.66. The van der Waals surface area contributed by atoms with Crippen LogP contribution >= 0.6 is 0 Å². The van der Waals surface area contributed by atoms with Crippen molar-refractivity contribution in [2.75, 3.05) is 18.6 Å². The predicted molar refractivity (Wildman–Crippen MR) is 86.3 cm³/mol. The van der Waals surface area contributed by atoms with E-state index in [1.54, 1.807) is 7.11 Å². The third-order valence-electron chi connectivity index (χ3n) is 4.30. The first-order valence-corrected chi connectivity index (χ1v) is 7.39. The number of benzene rings is 1. The molecule has 4 nitrogen and oxygen atoms in total. The summed E-state index contributed by atoms with van der Waals surface area (Å²) in [5, 5.41) is 0. The lowest BCUT2D eigenvalue weighted by atomic mass is 9.95. The fourth-order valence-corrected chi connectivity index (χ4v) is 3.08. The summed E-state index contributed by atoms with van der Waals surface area (Å²) in [5.41, 5.74) is 15.9. The Morgan fingerprint density at radius 1 is 1.10 bits per heavy atom. The molecule has 1 heterocycles. The van der Waals surface area contributed by atoms with E-state index in [4.69, 9.17) is 16.2 Å². The lowest BCUT2D eigenvalue weighted by Gasteiger charge is -2.16. The maximum absolute atomic E-state index is 6.15. The predicted octanol–water partition coefficient (Wildman–Crippen LogP) is 3.58. The zero-order chi connectivity index (χ0) is 14.8. The number of methoxy groups -OCH3 is 1. The Bertz CT molecular complexity index is 631. The van der Waals surface area contributed by atoms with Gasteiger partial charge < -0.3 is 16.2 Å². The minimum Gasteiger partial charge on any atom is -0.497 e. The molecular weight excluding hydrogens is 262 g/mol. The molecule has 0 atom stereocenters. The van der Waals surface area contributed by atoms with E-state index in [1.807, 2.05) is 24.3 Å². The van der Waals surface area contributed by atoms with Gasteiger partial charge in [-0.2, -0.15) is 0 Å². The highest BCUT2D eigenvalue weighted by Crippen LogP contribution is 2.39. The van der Waals surface area contributed by atoms with E-state index in [0.717, 1.165) is 22.6 Å². The number of nitrogens with zero attached hydrogens (tertiary/aromatic N) is 1. The van der Waals surface area contributed by atoms with Gasteiger partial charge in [-0.1, -0.05) is 12.8 Å². The number of hydrogen-bond acceptors (Lipinski definition) is 4. The zero-order valence-electron chi connectivity index (χ0n) is 12.3. The van der Waals surface area contributed by atoms with Gasteiger partial charge in [-0.05, 0) is 54.7 Å². The number of nitrogens with two attached hydrogens (primary N) is 2. The normalized spacial score (nSPS) is 15.3. The van der Waals surface area contributed by atoms with Crippen LogP contribution in [0.5, 0.6) is 5.75 Å². The van der Waals surface area contributed by atoms with Crippen LogP contribution in [0.2, 0.25) is 0 Å². The van der Waals surface area contributed by atoms with E-state index in [-0.39, 0.29) is 0 Å². The van der Waals surface area contributed by atoms with Crippen molar-refractivity contribution in [2.45, 2.75) is 31.6 Å². The Morgan fingerprint density at radius 2 is 1.76 bits per heavy atom. The molecule has 1 fully saturated rings. The van der Waals surface area contributed by atoms with Crippen LogP contribution < -0.4 is 16.2 Å². The molecule has 21 heavy (non-hydrogen) atoms. The lowest BCUT2D eigenvalue weighted by molar-refractivity contribution is 0.415. The van der Waals surface area contributed by atoms with Crippen LogP contribution in [0, 0.1) is 0 Å². The van der Waals surface area contributed by atoms with Gasteiger partial charge in [0.25, 0.3) is 0 Å². The number of rotatable bonds is 3. The number of nitrogen functional groups attached to an aromatic ring is 2. The second-order valence-corrected chi connectivity index (χ2v) is 5.61. The molecule has 0 saturated heterocycles. The van der Waals surface area contributed by atoms with Crippen molar-refractivity contribution in [3.8, 4) is 17.0 Å². The standard InChI is InChI=1S/C17H21N3O/c1-21-13-8-6-12(7-9-13)15-10-14(11-4-2-3-5-11)16(18)17(19)20-15/h6-11H,2-5,18H2,1H3,(H2,19,20). The molecule has 1 aromatic heterocycles. The van der Waals surface area contributed by atoms with Crippen molar-refractivity contribution >= 4 is 11.5 Å². The van der Waals surface area contributed by atoms with Crippen LogP contribution in [0.25, 0.3) is 11.3 Å². The summed E-state index contributed by atoms with van der Waals surface area (Å²) in [6.45, 7) is 0. The van der Waals surface area contributed by atoms with E-state index in [2.05, 4.69) is 11.1 Å². The zero-order valence-corrected chi connectivity index (χ0v) is 12.3. The minimum atomic E-state index is 0.435. The molecule has 1 aromatic carbocycles.